The fourth-order valence-electron chi connectivity index (χ4n) is 5.37. The number of hydrogen-bond acceptors (Lipinski definition) is 8. The average molecular weight is 472 g/mol. The van der Waals surface area contributed by atoms with Crippen LogP contribution in [0.3, 0.4) is 0 Å². The average Bonchev–Trinajstić information content (AvgIpc) is 3.16. The highest BCUT2D eigenvalue weighted by molar-refractivity contribution is 5.66. The Morgan fingerprint density at radius 2 is 1.71 bits per heavy atom. The number of nitrogens with two attached hydrogens (primary N) is 1. The minimum absolute atomic E-state index is 0.146. The van der Waals surface area contributed by atoms with Gasteiger partial charge in [-0.05, 0) is 50.1 Å². The fourth-order valence-corrected chi connectivity index (χ4v) is 5.37. The van der Waals surface area contributed by atoms with Gasteiger partial charge in [-0.3, -0.25) is 0 Å². The van der Waals surface area contributed by atoms with Gasteiger partial charge in [0.15, 0.2) is 5.82 Å². The molecule has 10 heteroatoms. The number of pyridine rings is 1. The summed E-state index contributed by atoms with van der Waals surface area (Å²) in [5.74, 6) is 2.36. The minimum Gasteiger partial charge on any atom is -0.368 e. The Morgan fingerprint density at radius 1 is 0.971 bits per heavy atom. The summed E-state index contributed by atoms with van der Waals surface area (Å²) >= 11 is 0. The molecule has 0 amide bonds. The van der Waals surface area contributed by atoms with Gasteiger partial charge < -0.3 is 16.0 Å². The van der Waals surface area contributed by atoms with E-state index in [1.54, 1.807) is 24.0 Å². The highest BCUT2D eigenvalue weighted by Gasteiger charge is 2.58. The lowest BCUT2D eigenvalue weighted by Crippen LogP contribution is -2.66. The largest absolute Gasteiger partial charge is 0.368 e. The molecule has 1 aliphatic heterocycles. The fraction of sp³-hybridized carbons (Fsp3) is 0.320. The van der Waals surface area contributed by atoms with Crippen LogP contribution in [0.2, 0.25) is 0 Å². The highest BCUT2D eigenvalue weighted by atomic mass is 19.1. The van der Waals surface area contributed by atoms with Gasteiger partial charge in [-0.2, -0.15) is 4.98 Å². The van der Waals surface area contributed by atoms with Crippen molar-refractivity contribution in [2.75, 3.05) is 29.0 Å². The van der Waals surface area contributed by atoms with Crippen molar-refractivity contribution in [1.29, 1.82) is 0 Å². The lowest BCUT2D eigenvalue weighted by atomic mass is 9.57. The first-order valence-corrected chi connectivity index (χ1v) is 11.6. The molecule has 1 saturated heterocycles. The number of nitrogens with one attached hydrogen (secondary N) is 1. The molecule has 4 heterocycles. The molecule has 0 bridgehead atoms. The van der Waals surface area contributed by atoms with Crippen LogP contribution in [0.5, 0.6) is 0 Å². The minimum atomic E-state index is -0.993. The number of aryl methyl sites for hydroxylation is 1. The maximum Gasteiger partial charge on any atom is 0.225 e. The maximum absolute atomic E-state index is 13.9. The van der Waals surface area contributed by atoms with E-state index in [4.69, 9.17) is 5.73 Å². The van der Waals surface area contributed by atoms with Gasteiger partial charge in [0.05, 0.1) is 5.69 Å². The van der Waals surface area contributed by atoms with E-state index in [0.29, 0.717) is 24.6 Å². The number of nitrogens with zero attached hydrogens (tertiary/aromatic N) is 7. The second kappa shape index (κ2) is 7.72. The molecular weight excluding hydrogens is 445 g/mol. The molecule has 1 aromatic carbocycles. The molecule has 3 N–H and O–H groups in total. The van der Waals surface area contributed by atoms with Crippen molar-refractivity contribution in [3.63, 3.8) is 0 Å². The Labute approximate surface area is 202 Å². The molecule has 4 aromatic rings. The van der Waals surface area contributed by atoms with Gasteiger partial charge in [0.25, 0.3) is 0 Å². The molecule has 178 valence electrons. The summed E-state index contributed by atoms with van der Waals surface area (Å²) in [6.45, 7) is 3.44. The Kier molecular flexibility index (Phi) is 4.73. The molecule has 1 saturated carbocycles. The van der Waals surface area contributed by atoms with Crippen LogP contribution in [0.25, 0.3) is 22.6 Å². The van der Waals surface area contributed by atoms with Crippen LogP contribution in [0.15, 0.2) is 54.9 Å². The third-order valence-electron chi connectivity index (χ3n) is 6.74. The Bertz CT molecular complexity index is 1360. The number of benzene rings is 1. The van der Waals surface area contributed by atoms with Crippen LogP contribution in [-0.2, 0) is 7.05 Å². The van der Waals surface area contributed by atoms with E-state index >= 15 is 0 Å². The first kappa shape index (κ1) is 21.5. The Hall–Kier alpha value is -4.08. The Balaban J connectivity index is 1.12. The summed E-state index contributed by atoms with van der Waals surface area (Å²) in [5, 5.41) is 7.84. The summed E-state index contributed by atoms with van der Waals surface area (Å²) in [5.41, 5.74) is 8.26. The molecule has 2 aliphatic rings. The maximum atomic E-state index is 13.9. The molecule has 0 radical (unpaired) electrons. The molecule has 9 nitrogen and oxygen atoms in total. The van der Waals surface area contributed by atoms with Crippen LogP contribution in [-0.4, -0.2) is 48.5 Å². The van der Waals surface area contributed by atoms with Crippen molar-refractivity contribution in [2.24, 2.45) is 12.5 Å². The lowest BCUT2D eigenvalue weighted by Gasteiger charge is -2.61. The Morgan fingerprint density at radius 3 is 2.37 bits per heavy atom. The highest BCUT2D eigenvalue weighted by Crippen LogP contribution is 2.56. The monoisotopic (exact) mass is 471 g/mol. The number of alkyl halides is 1. The zero-order valence-electron chi connectivity index (χ0n) is 19.6. The van der Waals surface area contributed by atoms with Gasteiger partial charge in [0.2, 0.25) is 11.9 Å². The van der Waals surface area contributed by atoms with Gasteiger partial charge in [-0.15, -0.1) is 5.10 Å². The van der Waals surface area contributed by atoms with Crippen LogP contribution in [0, 0.1) is 5.41 Å². The van der Waals surface area contributed by atoms with Gasteiger partial charge in [0, 0.05) is 54.8 Å². The van der Waals surface area contributed by atoms with E-state index in [1.807, 2.05) is 49.5 Å². The van der Waals surface area contributed by atoms with Crippen molar-refractivity contribution in [3.05, 3.63) is 54.9 Å². The van der Waals surface area contributed by atoms with E-state index in [-0.39, 0.29) is 11.4 Å². The van der Waals surface area contributed by atoms with Crippen molar-refractivity contribution in [2.45, 2.75) is 25.4 Å². The summed E-state index contributed by atoms with van der Waals surface area (Å²) < 4.78 is 15.6. The third-order valence-corrected chi connectivity index (χ3v) is 6.74. The smallest absolute Gasteiger partial charge is 0.225 e. The summed E-state index contributed by atoms with van der Waals surface area (Å²) in [4.78, 5) is 19.6. The molecule has 35 heavy (non-hydrogen) atoms. The van der Waals surface area contributed by atoms with E-state index in [1.165, 1.54) is 0 Å². The molecular formula is C25H26FN9. The van der Waals surface area contributed by atoms with Crippen LogP contribution in [0.4, 0.5) is 27.8 Å². The van der Waals surface area contributed by atoms with Crippen molar-refractivity contribution in [3.8, 4) is 22.6 Å². The zero-order chi connectivity index (χ0) is 24.2. The van der Waals surface area contributed by atoms with Gasteiger partial charge in [-0.1, -0.05) is 12.1 Å². The molecule has 0 unspecified atom stereocenters. The molecule has 3 aromatic heterocycles. The van der Waals surface area contributed by atoms with Crippen molar-refractivity contribution in [1.82, 2.24) is 29.7 Å². The first-order valence-electron chi connectivity index (χ1n) is 11.6. The van der Waals surface area contributed by atoms with Crippen molar-refractivity contribution >= 4 is 23.4 Å². The summed E-state index contributed by atoms with van der Waals surface area (Å²) in [6, 6.07) is 13.6. The number of rotatable bonds is 5. The number of hydrogen-bond donors (Lipinski definition) is 2. The number of anilines is 4. The molecule has 6 rings (SSSR count). The number of aromatic nitrogens is 6. The third kappa shape index (κ3) is 4.05. The van der Waals surface area contributed by atoms with Crippen molar-refractivity contribution < 1.29 is 4.39 Å². The lowest BCUT2D eigenvalue weighted by molar-refractivity contribution is -0.0714. The SMILES string of the molecule is Cn1nc(-c2ccc(N3CC4(C3)CC(C)(F)C4)nc2)nc1Nc1ccc(-c2ccnc(N)n2)cc1. The van der Waals surface area contributed by atoms with Gasteiger partial charge >= 0.3 is 0 Å². The predicted molar refractivity (Wildman–Crippen MR) is 133 cm³/mol. The van der Waals surface area contributed by atoms with Crippen LogP contribution in [0.1, 0.15) is 19.8 Å². The van der Waals surface area contributed by atoms with E-state index in [9.17, 15) is 4.39 Å². The van der Waals surface area contributed by atoms with Gasteiger partial charge in [-0.25, -0.2) is 24.0 Å². The summed E-state index contributed by atoms with van der Waals surface area (Å²) in [6.07, 6.45) is 4.74. The molecule has 2 fully saturated rings. The second-order valence-corrected chi connectivity index (χ2v) is 9.91. The van der Waals surface area contributed by atoms with E-state index < -0.39 is 5.67 Å². The summed E-state index contributed by atoms with van der Waals surface area (Å²) in [7, 11) is 1.84. The zero-order valence-corrected chi connectivity index (χ0v) is 19.6. The number of halogens is 1. The van der Waals surface area contributed by atoms with E-state index in [2.05, 4.69) is 35.3 Å². The molecule has 1 spiro atoms. The molecule has 1 aliphatic carbocycles. The topological polar surface area (TPSA) is 111 Å². The van der Waals surface area contributed by atoms with Gasteiger partial charge in [0.1, 0.15) is 11.5 Å². The van der Waals surface area contributed by atoms with Crippen LogP contribution < -0.4 is 16.0 Å². The van der Waals surface area contributed by atoms with E-state index in [0.717, 1.165) is 41.4 Å². The normalized spacial score (nSPS) is 17.6. The number of nitrogen functional groups attached to an aromatic ring is 1. The second-order valence-electron chi connectivity index (χ2n) is 9.91. The first-order chi connectivity index (χ1) is 16.8. The predicted octanol–water partition coefficient (Wildman–Crippen LogP) is 3.99. The molecule has 0 atom stereocenters. The van der Waals surface area contributed by atoms with Crippen LogP contribution >= 0.6 is 0 Å². The standard InChI is InChI=1S/C25H26FN9/c1-24(26)12-25(13-24)14-35(15-25)20-8-5-17(11-29-20)21-32-23(34(2)33-21)30-18-6-3-16(4-7-18)19-9-10-28-22(27)31-19/h3-11H,12-15H2,1-2H3,(H2,27,28,31)(H,30,32,33). The quantitative estimate of drug-likeness (QED) is 0.450.